The summed E-state index contributed by atoms with van der Waals surface area (Å²) in [4.78, 5) is 10.3. The minimum Gasteiger partial charge on any atom is -0.463 e. The molecule has 0 radical (unpaired) electrons. The first-order valence-electron chi connectivity index (χ1n) is 6.12. The van der Waals surface area contributed by atoms with Crippen molar-refractivity contribution in [2.45, 2.75) is 26.7 Å². The summed E-state index contributed by atoms with van der Waals surface area (Å²) in [5, 5.41) is 0. The fraction of sp³-hybridized carbons (Fsp3) is 0.312. The van der Waals surface area contributed by atoms with Crippen molar-refractivity contribution >= 4 is 11.5 Å². The highest BCUT2D eigenvalue weighted by Gasteiger charge is 1.91. The monoisotopic (exact) mass is 246 g/mol. The molecule has 0 atom stereocenters. The van der Waals surface area contributed by atoms with E-state index in [4.69, 9.17) is 0 Å². The van der Waals surface area contributed by atoms with Gasteiger partial charge in [-0.3, -0.25) is 0 Å². The van der Waals surface area contributed by atoms with Gasteiger partial charge in [0.05, 0.1) is 6.61 Å². The molecule has 0 fully saturated rings. The zero-order valence-electron chi connectivity index (χ0n) is 11.3. The van der Waals surface area contributed by atoms with Crippen LogP contribution in [-0.2, 0) is 9.53 Å². The number of carbonyl (C=O) groups excluding carboxylic acids is 1. The molecule has 0 amide bonds. The van der Waals surface area contributed by atoms with E-state index in [0.29, 0.717) is 6.61 Å². The highest BCUT2D eigenvalue weighted by Crippen LogP contribution is 2.08. The van der Waals surface area contributed by atoms with E-state index in [0.717, 1.165) is 18.4 Å². The highest BCUT2D eigenvalue weighted by molar-refractivity contribution is 5.81. The van der Waals surface area contributed by atoms with Crippen LogP contribution >= 0.6 is 0 Å². The van der Waals surface area contributed by atoms with Gasteiger partial charge in [0, 0.05) is 6.08 Å². The molecule has 0 bridgehead atoms. The van der Waals surface area contributed by atoms with Crippen LogP contribution in [0.2, 0.25) is 0 Å². The van der Waals surface area contributed by atoms with Crippen LogP contribution in [-0.4, -0.2) is 12.6 Å². The maximum absolute atomic E-state index is 10.3. The Morgan fingerprint density at radius 3 is 2.33 bits per heavy atom. The number of rotatable bonds is 5. The predicted octanol–water partition coefficient (Wildman–Crippen LogP) is 4.24. The summed E-state index contributed by atoms with van der Waals surface area (Å²) in [6.07, 6.45) is 3.15. The quantitative estimate of drug-likeness (QED) is 0.441. The smallest absolute Gasteiger partial charge is 0.330 e. The van der Waals surface area contributed by atoms with Crippen molar-refractivity contribution in [1.82, 2.24) is 0 Å². The molecular weight excluding hydrogens is 224 g/mol. The minimum atomic E-state index is -0.330. The molecular formula is C16H22O2. The first-order valence-corrected chi connectivity index (χ1v) is 6.12. The van der Waals surface area contributed by atoms with Gasteiger partial charge in [0.15, 0.2) is 0 Å². The van der Waals surface area contributed by atoms with Gasteiger partial charge in [-0.15, -0.1) is 0 Å². The van der Waals surface area contributed by atoms with E-state index >= 15 is 0 Å². The third-order valence-electron chi connectivity index (χ3n) is 2.18. The molecule has 0 spiro atoms. The van der Waals surface area contributed by atoms with Crippen LogP contribution in [0.5, 0.6) is 0 Å². The van der Waals surface area contributed by atoms with E-state index < -0.39 is 0 Å². The Hall–Kier alpha value is -1.83. The van der Waals surface area contributed by atoms with Crippen molar-refractivity contribution in [1.29, 1.82) is 0 Å². The number of allylic oxidation sites excluding steroid dienone is 1. The molecule has 0 aromatic heterocycles. The van der Waals surface area contributed by atoms with Crippen LogP contribution in [0.1, 0.15) is 32.3 Å². The second-order valence-electron chi connectivity index (χ2n) is 3.87. The zero-order valence-corrected chi connectivity index (χ0v) is 11.3. The summed E-state index contributed by atoms with van der Waals surface area (Å²) in [7, 11) is 0. The van der Waals surface area contributed by atoms with Crippen molar-refractivity contribution in [3.63, 3.8) is 0 Å². The Kier molecular flexibility index (Phi) is 9.28. The molecule has 2 nitrogen and oxygen atoms in total. The van der Waals surface area contributed by atoms with Crippen molar-refractivity contribution in [2.24, 2.45) is 0 Å². The maximum atomic E-state index is 10.3. The summed E-state index contributed by atoms with van der Waals surface area (Å²) in [5.41, 5.74) is 2.34. The third kappa shape index (κ3) is 8.34. The normalized spacial score (nSPS) is 8.78. The molecule has 0 aliphatic heterocycles. The summed E-state index contributed by atoms with van der Waals surface area (Å²) < 4.78 is 4.67. The first-order chi connectivity index (χ1) is 8.61. The van der Waals surface area contributed by atoms with E-state index in [9.17, 15) is 4.79 Å². The van der Waals surface area contributed by atoms with E-state index in [2.05, 4.69) is 30.0 Å². The lowest BCUT2D eigenvalue weighted by atomic mass is 10.1. The van der Waals surface area contributed by atoms with Gasteiger partial charge in [-0.25, -0.2) is 4.79 Å². The lowest BCUT2D eigenvalue weighted by Crippen LogP contribution is -2.00. The van der Waals surface area contributed by atoms with Crippen LogP contribution in [0.25, 0.3) is 5.57 Å². The number of carbonyl (C=O) groups is 1. The van der Waals surface area contributed by atoms with E-state index in [1.165, 1.54) is 11.6 Å². The molecule has 0 saturated heterocycles. The van der Waals surface area contributed by atoms with Crippen molar-refractivity contribution in [2.75, 3.05) is 6.61 Å². The number of hydrogen-bond donors (Lipinski definition) is 0. The third-order valence-corrected chi connectivity index (χ3v) is 2.18. The second-order valence-corrected chi connectivity index (χ2v) is 3.87. The molecule has 0 N–H and O–H groups in total. The van der Waals surface area contributed by atoms with Gasteiger partial charge in [-0.2, -0.15) is 0 Å². The Bertz CT molecular complexity index is 366. The molecule has 0 aliphatic carbocycles. The van der Waals surface area contributed by atoms with Crippen molar-refractivity contribution in [3.05, 3.63) is 55.1 Å². The molecule has 0 saturated carbocycles. The second kappa shape index (κ2) is 10.3. The van der Waals surface area contributed by atoms with Crippen LogP contribution in [0.15, 0.2) is 49.6 Å². The molecule has 2 heteroatoms. The van der Waals surface area contributed by atoms with Gasteiger partial charge in [0.25, 0.3) is 0 Å². The van der Waals surface area contributed by atoms with Crippen molar-refractivity contribution < 1.29 is 9.53 Å². The summed E-state index contributed by atoms with van der Waals surface area (Å²) in [6, 6.07) is 10.2. The summed E-state index contributed by atoms with van der Waals surface area (Å²) in [6.45, 7) is 11.7. The van der Waals surface area contributed by atoms with Gasteiger partial charge >= 0.3 is 5.97 Å². The van der Waals surface area contributed by atoms with E-state index in [-0.39, 0.29) is 5.97 Å². The first kappa shape index (κ1) is 16.2. The van der Waals surface area contributed by atoms with Gasteiger partial charge in [-0.1, -0.05) is 62.4 Å². The number of ether oxygens (including phenoxy) is 1. The molecule has 0 heterocycles. The molecule has 0 unspecified atom stereocenters. The largest absolute Gasteiger partial charge is 0.463 e. The average Bonchev–Trinajstić information content (AvgIpc) is 2.40. The molecule has 0 aliphatic rings. The van der Waals surface area contributed by atoms with Gasteiger partial charge in [-0.05, 0) is 18.9 Å². The minimum absolute atomic E-state index is 0.330. The van der Waals surface area contributed by atoms with E-state index in [1.54, 1.807) is 0 Å². The van der Waals surface area contributed by atoms with Crippen LogP contribution in [0.3, 0.4) is 0 Å². The SMILES string of the molecule is C=C(C)c1ccccc1.C=CC(=O)OCCCC. The standard InChI is InChI=1S/C9H10.C7H12O2/c1-8(2)9-6-4-3-5-7-9;1-3-5-6-9-7(8)4-2/h3-7H,1H2,2H3;4H,2-3,5-6H2,1H3. The summed E-state index contributed by atoms with van der Waals surface area (Å²) in [5.74, 6) is -0.330. The fourth-order valence-corrected chi connectivity index (χ4v) is 1.10. The summed E-state index contributed by atoms with van der Waals surface area (Å²) >= 11 is 0. The molecule has 1 aromatic carbocycles. The maximum Gasteiger partial charge on any atom is 0.330 e. The molecule has 1 aromatic rings. The number of unbranched alkanes of at least 4 members (excludes halogenated alkanes) is 1. The van der Waals surface area contributed by atoms with Crippen LogP contribution in [0.4, 0.5) is 0 Å². The van der Waals surface area contributed by atoms with Crippen molar-refractivity contribution in [3.8, 4) is 0 Å². The lowest BCUT2D eigenvalue weighted by Gasteiger charge is -1.97. The van der Waals surface area contributed by atoms with E-state index in [1.807, 2.05) is 32.0 Å². The van der Waals surface area contributed by atoms with Gasteiger partial charge in [0.1, 0.15) is 0 Å². The molecule has 98 valence electrons. The lowest BCUT2D eigenvalue weighted by molar-refractivity contribution is -0.137. The Morgan fingerprint density at radius 2 is 1.94 bits per heavy atom. The number of esters is 1. The predicted molar refractivity (Wildman–Crippen MR) is 77.2 cm³/mol. The number of benzene rings is 1. The average molecular weight is 246 g/mol. The van der Waals surface area contributed by atoms with Gasteiger partial charge in [0.2, 0.25) is 0 Å². The molecule has 18 heavy (non-hydrogen) atoms. The Labute approximate surface area is 110 Å². The van der Waals surface area contributed by atoms with Crippen LogP contribution in [0, 0.1) is 0 Å². The highest BCUT2D eigenvalue weighted by atomic mass is 16.5. The molecule has 1 rings (SSSR count). The fourth-order valence-electron chi connectivity index (χ4n) is 1.10. The zero-order chi connectivity index (χ0) is 13.8. The van der Waals surface area contributed by atoms with Gasteiger partial charge < -0.3 is 4.74 Å². The Balaban J connectivity index is 0.000000321. The number of hydrogen-bond acceptors (Lipinski definition) is 2. The van der Waals surface area contributed by atoms with Crippen LogP contribution < -0.4 is 0 Å². The topological polar surface area (TPSA) is 26.3 Å². The Morgan fingerprint density at radius 1 is 1.33 bits per heavy atom.